The average Bonchev–Trinajstić information content (AvgIpc) is 3.80. The Morgan fingerprint density at radius 1 is 0.850 bits per heavy atom. The Balaban J connectivity index is 0.843. The number of aryl methyl sites for hydroxylation is 2. The SMILES string of the molecule is Cc1ccc(S(=O)(=O)N2CC[C@@H]3[C@H](CO)Nc4ccc(-c5cccc(NC(=O)CCCCCCCc6cccc7c6C(=O)N(C6CCC(=O)NC6=O)C7=O)c5)cc4[C@@H]32)cc1. The summed E-state index contributed by atoms with van der Waals surface area (Å²) in [7, 11) is -3.80. The van der Waals surface area contributed by atoms with Crippen LogP contribution in [0.4, 0.5) is 11.4 Å². The van der Waals surface area contributed by atoms with Gasteiger partial charge in [0.2, 0.25) is 27.7 Å². The molecule has 60 heavy (non-hydrogen) atoms. The Morgan fingerprint density at radius 2 is 1.60 bits per heavy atom. The van der Waals surface area contributed by atoms with Crippen molar-refractivity contribution in [1.29, 1.82) is 0 Å². The van der Waals surface area contributed by atoms with Gasteiger partial charge in [-0.15, -0.1) is 0 Å². The molecule has 4 heterocycles. The van der Waals surface area contributed by atoms with Crippen LogP contribution in [0.5, 0.6) is 0 Å². The van der Waals surface area contributed by atoms with E-state index in [9.17, 15) is 37.5 Å². The highest BCUT2D eigenvalue weighted by molar-refractivity contribution is 7.89. The van der Waals surface area contributed by atoms with E-state index in [1.807, 2.05) is 55.5 Å². The van der Waals surface area contributed by atoms with Crippen molar-refractivity contribution in [3.8, 4) is 11.1 Å². The number of unbranched alkanes of at least 4 members (excludes halogenated alkanes) is 4. The van der Waals surface area contributed by atoms with Crippen LogP contribution < -0.4 is 16.0 Å². The lowest BCUT2D eigenvalue weighted by Crippen LogP contribution is -2.54. The highest BCUT2D eigenvalue weighted by Gasteiger charge is 2.49. The summed E-state index contributed by atoms with van der Waals surface area (Å²) in [5.74, 6) is -2.23. The molecule has 2 fully saturated rings. The predicted octanol–water partition coefficient (Wildman–Crippen LogP) is 6.12. The van der Waals surface area contributed by atoms with Crippen LogP contribution in [0, 0.1) is 12.8 Å². The third-order valence-electron chi connectivity index (χ3n) is 12.3. The van der Waals surface area contributed by atoms with E-state index < -0.39 is 45.7 Å². The standard InChI is InChI=1S/C46H49N5O8S/c1-28-15-18-33(19-16-28)60(58,59)50-24-23-34-38(27-52)48-37-20-17-31(26-36(37)43(34)50)30-11-7-12-32(25-30)47-40(53)14-6-4-2-3-5-9-29-10-8-13-35-42(29)46(57)51(45(35)56)39-21-22-41(54)49-44(39)55/h7-8,10-13,15-20,25-26,34,38-39,43,48,52H,2-6,9,14,21-24,27H2,1H3,(H,47,53)(H,49,54,55)/t34-,38+,39?,43-/m1/s1. The summed E-state index contributed by atoms with van der Waals surface area (Å²) in [5.41, 5.74) is 6.45. The van der Waals surface area contributed by atoms with Crippen molar-refractivity contribution in [1.82, 2.24) is 14.5 Å². The van der Waals surface area contributed by atoms with Crippen molar-refractivity contribution in [3.05, 3.63) is 113 Å². The molecule has 0 spiro atoms. The molecule has 2 saturated heterocycles. The number of rotatable bonds is 14. The van der Waals surface area contributed by atoms with Gasteiger partial charge in [-0.1, -0.05) is 67.3 Å². The maximum absolute atomic E-state index is 14.0. The van der Waals surface area contributed by atoms with Gasteiger partial charge in [0.15, 0.2) is 0 Å². The fourth-order valence-electron chi connectivity index (χ4n) is 9.24. The molecule has 4 aromatic rings. The number of sulfonamides is 1. The summed E-state index contributed by atoms with van der Waals surface area (Å²) < 4.78 is 29.6. The maximum Gasteiger partial charge on any atom is 0.262 e. The fraction of sp³-hybridized carbons (Fsp3) is 0.370. The Hall–Kier alpha value is -5.70. The number of anilines is 2. The minimum atomic E-state index is -3.80. The van der Waals surface area contributed by atoms with E-state index in [0.717, 1.165) is 64.1 Å². The van der Waals surface area contributed by atoms with Gasteiger partial charge in [0.25, 0.3) is 11.8 Å². The van der Waals surface area contributed by atoms with E-state index >= 15 is 0 Å². The van der Waals surface area contributed by atoms with Gasteiger partial charge in [0.05, 0.1) is 34.7 Å². The van der Waals surface area contributed by atoms with Crippen molar-refractivity contribution in [2.75, 3.05) is 23.8 Å². The van der Waals surface area contributed by atoms with Crippen LogP contribution in [0.25, 0.3) is 11.1 Å². The number of nitrogens with zero attached hydrogens (tertiary/aromatic N) is 2. The van der Waals surface area contributed by atoms with Gasteiger partial charge in [-0.2, -0.15) is 4.31 Å². The molecule has 1 unspecified atom stereocenters. The predicted molar refractivity (Wildman–Crippen MR) is 225 cm³/mol. The van der Waals surface area contributed by atoms with Crippen molar-refractivity contribution >= 4 is 50.9 Å². The smallest absolute Gasteiger partial charge is 0.262 e. The molecule has 0 saturated carbocycles. The fourth-order valence-corrected chi connectivity index (χ4v) is 10.9. The summed E-state index contributed by atoms with van der Waals surface area (Å²) in [6.45, 7) is 2.16. The van der Waals surface area contributed by atoms with Crippen LogP contribution >= 0.6 is 0 Å². The number of hydrogen-bond donors (Lipinski definition) is 4. The minimum Gasteiger partial charge on any atom is -0.394 e. The van der Waals surface area contributed by atoms with E-state index in [0.29, 0.717) is 43.5 Å². The summed E-state index contributed by atoms with van der Waals surface area (Å²) in [6, 6.07) is 23.9. The summed E-state index contributed by atoms with van der Waals surface area (Å²) in [5, 5.41) is 19.0. The normalized spacial score (nSPS) is 21.3. The third-order valence-corrected chi connectivity index (χ3v) is 14.2. The maximum atomic E-state index is 14.0. The Labute approximate surface area is 349 Å². The molecule has 13 nitrogen and oxygen atoms in total. The van der Waals surface area contributed by atoms with Gasteiger partial charge in [-0.05, 0) is 104 Å². The first-order valence-electron chi connectivity index (χ1n) is 20.8. The number of imide groups is 2. The summed E-state index contributed by atoms with van der Waals surface area (Å²) in [4.78, 5) is 64.9. The topological polar surface area (TPSA) is 182 Å². The van der Waals surface area contributed by atoms with Crippen LogP contribution in [-0.2, 0) is 30.8 Å². The number of benzene rings is 4. The summed E-state index contributed by atoms with van der Waals surface area (Å²) >= 11 is 0. The first-order chi connectivity index (χ1) is 28.9. The number of piperidine rings is 1. The van der Waals surface area contributed by atoms with Crippen molar-refractivity contribution in [3.63, 3.8) is 0 Å². The van der Waals surface area contributed by atoms with Gasteiger partial charge >= 0.3 is 0 Å². The Kier molecular flexibility index (Phi) is 11.7. The Bertz CT molecular complexity index is 2470. The second-order valence-electron chi connectivity index (χ2n) is 16.2. The van der Waals surface area contributed by atoms with E-state index in [-0.39, 0.29) is 47.8 Å². The van der Waals surface area contributed by atoms with E-state index in [4.69, 9.17) is 0 Å². The number of aliphatic hydroxyl groups excluding tert-OH is 1. The molecule has 0 bridgehead atoms. The molecule has 5 amide bonds. The van der Waals surface area contributed by atoms with Gasteiger partial charge in [-0.3, -0.25) is 34.2 Å². The van der Waals surface area contributed by atoms with Crippen LogP contribution in [0.15, 0.2) is 89.8 Å². The number of carbonyl (C=O) groups excluding carboxylic acids is 5. The summed E-state index contributed by atoms with van der Waals surface area (Å²) in [6.07, 6.45) is 5.87. The van der Waals surface area contributed by atoms with E-state index in [2.05, 4.69) is 16.0 Å². The zero-order valence-corrected chi connectivity index (χ0v) is 34.3. The number of carbonyl (C=O) groups is 5. The molecular formula is C46H49N5O8S. The highest BCUT2D eigenvalue weighted by Crippen LogP contribution is 2.49. The molecular weight excluding hydrogens is 783 g/mol. The Morgan fingerprint density at radius 3 is 2.38 bits per heavy atom. The highest BCUT2D eigenvalue weighted by atomic mass is 32.2. The van der Waals surface area contributed by atoms with Crippen molar-refractivity contribution in [2.24, 2.45) is 5.92 Å². The molecule has 0 radical (unpaired) electrons. The largest absolute Gasteiger partial charge is 0.394 e. The molecule has 0 aliphatic carbocycles. The molecule has 0 aromatic heterocycles. The minimum absolute atomic E-state index is 0.0714. The molecule has 4 aliphatic heterocycles. The second-order valence-corrected chi connectivity index (χ2v) is 18.1. The molecule has 312 valence electrons. The quantitative estimate of drug-likeness (QED) is 0.0860. The van der Waals surface area contributed by atoms with Crippen LogP contribution in [0.2, 0.25) is 0 Å². The number of fused-ring (bicyclic) bond motifs is 4. The average molecular weight is 832 g/mol. The molecule has 4 aliphatic rings. The first kappa shape index (κ1) is 41.1. The number of nitrogens with one attached hydrogen (secondary N) is 3. The number of aliphatic hydroxyl groups is 1. The van der Waals surface area contributed by atoms with Crippen LogP contribution in [0.3, 0.4) is 0 Å². The monoisotopic (exact) mass is 831 g/mol. The first-order valence-corrected chi connectivity index (χ1v) is 22.2. The molecule has 4 aromatic carbocycles. The lowest BCUT2D eigenvalue weighted by molar-refractivity contribution is -0.136. The van der Waals surface area contributed by atoms with Crippen molar-refractivity contribution in [2.45, 2.75) is 94.2 Å². The van der Waals surface area contributed by atoms with Gasteiger partial charge in [0, 0.05) is 36.7 Å². The van der Waals surface area contributed by atoms with Gasteiger partial charge in [0.1, 0.15) is 6.04 Å². The van der Waals surface area contributed by atoms with Crippen LogP contribution in [-0.4, -0.2) is 77.5 Å². The lowest BCUT2D eigenvalue weighted by atomic mass is 9.82. The second kappa shape index (κ2) is 17.1. The zero-order chi connectivity index (χ0) is 42.1. The molecule has 14 heteroatoms. The number of amides is 5. The third kappa shape index (κ3) is 7.98. The molecule has 4 N–H and O–H groups in total. The lowest BCUT2D eigenvalue weighted by Gasteiger charge is -2.39. The van der Waals surface area contributed by atoms with Gasteiger partial charge in [-0.25, -0.2) is 8.42 Å². The van der Waals surface area contributed by atoms with E-state index in [1.54, 1.807) is 40.7 Å². The zero-order valence-electron chi connectivity index (χ0n) is 33.5. The van der Waals surface area contributed by atoms with Crippen molar-refractivity contribution < 1.29 is 37.5 Å². The van der Waals surface area contributed by atoms with Gasteiger partial charge < -0.3 is 15.7 Å². The van der Waals surface area contributed by atoms with E-state index in [1.165, 1.54) is 0 Å². The molecule has 8 rings (SSSR count). The van der Waals surface area contributed by atoms with Crippen LogP contribution in [0.1, 0.15) is 101 Å². The number of hydrogen-bond acceptors (Lipinski definition) is 9. The molecule has 4 atom stereocenters.